The monoisotopic (exact) mass is 535 g/mol. The van der Waals surface area contributed by atoms with Crippen molar-refractivity contribution in [2.24, 2.45) is 0 Å². The van der Waals surface area contributed by atoms with Crippen LogP contribution in [0.15, 0.2) is 72.8 Å². The number of benzene rings is 3. The molecular weight excluding hydrogens is 510 g/mol. The van der Waals surface area contributed by atoms with Crippen LogP contribution < -0.4 is 9.21 Å². The number of piperazine rings is 1. The first-order valence-corrected chi connectivity index (χ1v) is 13.3. The number of rotatable bonds is 6. The van der Waals surface area contributed by atoms with E-state index in [1.807, 2.05) is 4.90 Å². The van der Waals surface area contributed by atoms with Crippen LogP contribution in [0.25, 0.3) is 0 Å². The van der Waals surface area contributed by atoms with Gasteiger partial charge in [0.2, 0.25) is 10.0 Å². The van der Waals surface area contributed by atoms with Gasteiger partial charge >= 0.3 is 6.18 Å². The molecule has 0 bridgehead atoms. The molecule has 3 aromatic rings. The molecule has 37 heavy (non-hydrogen) atoms. The van der Waals surface area contributed by atoms with E-state index in [0.717, 1.165) is 18.4 Å². The number of hydrogen-bond acceptors (Lipinski definition) is 4. The lowest BCUT2D eigenvalue weighted by Gasteiger charge is -2.36. The Hall–Kier alpha value is -3.60. The lowest BCUT2D eigenvalue weighted by Crippen LogP contribution is -2.48. The third kappa shape index (κ3) is 6.40. The maximum Gasteiger partial charge on any atom is 0.416 e. The molecule has 1 amide bonds. The average Bonchev–Trinajstić information content (AvgIpc) is 2.87. The first kappa shape index (κ1) is 26.5. The highest BCUT2D eigenvalue weighted by molar-refractivity contribution is 7.92. The van der Waals surface area contributed by atoms with Crippen molar-refractivity contribution in [3.8, 4) is 0 Å². The molecule has 1 aliphatic heterocycles. The molecule has 0 radical (unpaired) electrons. The van der Waals surface area contributed by atoms with Crippen molar-refractivity contribution in [3.63, 3.8) is 0 Å². The largest absolute Gasteiger partial charge is 0.416 e. The summed E-state index contributed by atoms with van der Waals surface area (Å²) in [6, 6.07) is 16.8. The van der Waals surface area contributed by atoms with E-state index in [-0.39, 0.29) is 12.5 Å². The molecule has 1 aliphatic rings. The van der Waals surface area contributed by atoms with Crippen LogP contribution >= 0.6 is 0 Å². The molecule has 0 aliphatic carbocycles. The van der Waals surface area contributed by atoms with E-state index in [9.17, 15) is 30.8 Å². The Morgan fingerprint density at radius 2 is 1.54 bits per heavy atom. The maximum atomic E-state index is 13.2. The van der Waals surface area contributed by atoms with Gasteiger partial charge in [0.1, 0.15) is 5.82 Å². The second-order valence-corrected chi connectivity index (χ2v) is 10.7. The molecule has 1 fully saturated rings. The lowest BCUT2D eigenvalue weighted by molar-refractivity contribution is -0.137. The predicted octanol–water partition coefficient (Wildman–Crippen LogP) is 4.77. The Labute approximate surface area is 212 Å². The highest BCUT2D eigenvalue weighted by Gasteiger charge is 2.31. The third-order valence-electron chi connectivity index (χ3n) is 6.15. The van der Waals surface area contributed by atoms with E-state index < -0.39 is 27.6 Å². The highest BCUT2D eigenvalue weighted by Crippen LogP contribution is 2.32. The Morgan fingerprint density at radius 3 is 2.11 bits per heavy atom. The quantitative estimate of drug-likeness (QED) is 0.427. The fraction of sp³-hybridized carbons (Fsp3) is 0.269. The molecule has 1 heterocycles. The third-order valence-corrected chi connectivity index (χ3v) is 7.29. The summed E-state index contributed by atoms with van der Waals surface area (Å²) in [5.74, 6) is -0.673. The van der Waals surface area contributed by atoms with Crippen LogP contribution in [0.1, 0.15) is 21.5 Å². The van der Waals surface area contributed by atoms with Crippen molar-refractivity contribution in [3.05, 3.63) is 95.3 Å². The summed E-state index contributed by atoms with van der Waals surface area (Å²) in [6.45, 7) is 1.42. The Bertz CT molecular complexity index is 1350. The molecule has 0 saturated carbocycles. The smallest absolute Gasteiger partial charge is 0.368 e. The summed E-state index contributed by atoms with van der Waals surface area (Å²) in [7, 11) is -3.66. The van der Waals surface area contributed by atoms with E-state index in [4.69, 9.17) is 0 Å². The van der Waals surface area contributed by atoms with Gasteiger partial charge < -0.3 is 9.80 Å². The molecule has 6 nitrogen and oxygen atoms in total. The summed E-state index contributed by atoms with van der Waals surface area (Å²) in [4.78, 5) is 16.4. The number of halogens is 4. The SMILES string of the molecule is CS(=O)(=O)N(Cc1ccc(F)cc1)c1ccc(C(=O)N2CCN(c3cccc(C(F)(F)F)c3)CC2)cc1. The van der Waals surface area contributed by atoms with Crippen LogP contribution in [-0.2, 0) is 22.7 Å². The van der Waals surface area contributed by atoms with Gasteiger partial charge in [0.15, 0.2) is 0 Å². The Balaban J connectivity index is 1.42. The Morgan fingerprint density at radius 1 is 0.919 bits per heavy atom. The number of carbonyl (C=O) groups excluding carboxylic acids is 1. The van der Waals surface area contributed by atoms with Gasteiger partial charge in [-0.2, -0.15) is 13.2 Å². The van der Waals surface area contributed by atoms with Crippen LogP contribution in [-0.4, -0.2) is 51.7 Å². The van der Waals surface area contributed by atoms with Gasteiger partial charge in [-0.05, 0) is 60.2 Å². The molecular formula is C26H25F4N3O3S. The van der Waals surface area contributed by atoms with E-state index in [1.165, 1.54) is 46.8 Å². The van der Waals surface area contributed by atoms with Gasteiger partial charge in [-0.25, -0.2) is 12.8 Å². The number of hydrogen-bond donors (Lipinski definition) is 0. The van der Waals surface area contributed by atoms with Gasteiger partial charge in [-0.3, -0.25) is 9.10 Å². The molecule has 0 unspecified atom stereocenters. The predicted molar refractivity (Wildman–Crippen MR) is 133 cm³/mol. The number of sulfonamides is 1. The summed E-state index contributed by atoms with van der Waals surface area (Å²) in [6.07, 6.45) is -3.36. The number of anilines is 2. The van der Waals surface area contributed by atoms with Gasteiger partial charge in [0.25, 0.3) is 5.91 Å². The van der Waals surface area contributed by atoms with Gasteiger partial charge in [0, 0.05) is 37.4 Å². The van der Waals surface area contributed by atoms with E-state index >= 15 is 0 Å². The summed E-state index contributed by atoms with van der Waals surface area (Å²) in [5, 5.41) is 0. The van der Waals surface area contributed by atoms with Crippen molar-refractivity contribution < 1.29 is 30.8 Å². The second-order valence-electron chi connectivity index (χ2n) is 8.77. The molecule has 0 N–H and O–H groups in total. The minimum atomic E-state index is -4.42. The van der Waals surface area contributed by atoms with E-state index in [0.29, 0.717) is 48.7 Å². The van der Waals surface area contributed by atoms with Gasteiger partial charge in [-0.15, -0.1) is 0 Å². The molecule has 0 aromatic heterocycles. The van der Waals surface area contributed by atoms with Crippen molar-refractivity contribution in [1.29, 1.82) is 0 Å². The molecule has 0 atom stereocenters. The standard InChI is InChI=1S/C26H25F4N3O3S/c1-37(35,36)33(18-19-5-9-22(27)10-6-19)23-11-7-20(8-12-23)25(34)32-15-13-31(14-16-32)24-4-2-3-21(17-24)26(28,29)30/h2-12,17H,13-16,18H2,1H3. The fourth-order valence-corrected chi connectivity index (χ4v) is 5.04. The molecule has 3 aromatic carbocycles. The number of carbonyl (C=O) groups is 1. The Kier molecular flexibility index (Phi) is 7.44. The summed E-state index contributed by atoms with van der Waals surface area (Å²) < 4.78 is 78.3. The maximum absolute atomic E-state index is 13.2. The minimum absolute atomic E-state index is 0.00387. The molecule has 1 saturated heterocycles. The van der Waals surface area contributed by atoms with Gasteiger partial charge in [0.05, 0.1) is 24.1 Å². The molecule has 11 heteroatoms. The highest BCUT2D eigenvalue weighted by atomic mass is 32.2. The second kappa shape index (κ2) is 10.4. The molecule has 4 rings (SSSR count). The normalized spacial score (nSPS) is 14.5. The first-order chi connectivity index (χ1) is 17.4. The van der Waals surface area contributed by atoms with Gasteiger partial charge in [-0.1, -0.05) is 18.2 Å². The van der Waals surface area contributed by atoms with Crippen LogP contribution in [0.3, 0.4) is 0 Å². The minimum Gasteiger partial charge on any atom is -0.368 e. The number of amides is 1. The van der Waals surface area contributed by atoms with E-state index in [1.54, 1.807) is 23.1 Å². The van der Waals surface area contributed by atoms with Crippen LogP contribution in [0.2, 0.25) is 0 Å². The van der Waals surface area contributed by atoms with E-state index in [2.05, 4.69) is 0 Å². The summed E-state index contributed by atoms with van der Waals surface area (Å²) >= 11 is 0. The zero-order valence-electron chi connectivity index (χ0n) is 20.0. The van der Waals surface area contributed by atoms with Crippen LogP contribution in [0, 0.1) is 5.82 Å². The summed E-state index contributed by atoms with van der Waals surface area (Å²) in [5.41, 5.74) is 1.06. The zero-order valence-corrected chi connectivity index (χ0v) is 20.8. The van der Waals surface area contributed by atoms with Crippen molar-refractivity contribution in [2.45, 2.75) is 12.7 Å². The number of nitrogens with zero attached hydrogens (tertiary/aromatic N) is 3. The van der Waals surface area contributed by atoms with Crippen molar-refractivity contribution >= 4 is 27.3 Å². The van der Waals surface area contributed by atoms with Crippen molar-refractivity contribution in [2.75, 3.05) is 41.6 Å². The molecule has 196 valence electrons. The fourth-order valence-electron chi connectivity index (χ4n) is 4.16. The average molecular weight is 536 g/mol. The van der Waals surface area contributed by atoms with Crippen LogP contribution in [0.5, 0.6) is 0 Å². The number of alkyl halides is 3. The zero-order chi connectivity index (χ0) is 26.8. The van der Waals surface area contributed by atoms with Crippen molar-refractivity contribution in [1.82, 2.24) is 4.90 Å². The molecule has 0 spiro atoms. The lowest BCUT2D eigenvalue weighted by atomic mass is 10.1. The topological polar surface area (TPSA) is 60.9 Å². The first-order valence-electron chi connectivity index (χ1n) is 11.5. The van der Waals surface area contributed by atoms with Crippen LogP contribution in [0.4, 0.5) is 28.9 Å².